The molecule has 2 aromatic heterocycles. The van der Waals surface area contributed by atoms with Crippen LogP contribution < -0.4 is 11.1 Å². The van der Waals surface area contributed by atoms with Crippen LogP contribution in [0.4, 0.5) is 9.93 Å². The summed E-state index contributed by atoms with van der Waals surface area (Å²) in [7, 11) is 0. The van der Waals surface area contributed by atoms with Crippen molar-refractivity contribution in [2.24, 2.45) is 5.16 Å². The summed E-state index contributed by atoms with van der Waals surface area (Å²) in [6.45, 7) is 0. The molecule has 3 atom stereocenters. The SMILES string of the molecule is Nc1nc(C(=NOC(C(=O)O)c2ccccc2)C(=O)N[C@@H]2C(=O)N3C(OC(=O)O)=C(CSc4nnc(-c5ccc(O)c(O)c5)s4)CS[C@@H]23)cs1. The third-order valence-corrected chi connectivity index (χ3v) is 11.2. The number of carboxylic acids is 1. The van der Waals surface area contributed by atoms with Gasteiger partial charge in [-0.2, -0.15) is 0 Å². The number of carbonyl (C=O) groups excluding carboxylic acids is 2. The van der Waals surface area contributed by atoms with Gasteiger partial charge in [0.15, 0.2) is 26.7 Å². The minimum Gasteiger partial charge on any atom is -0.504 e. The van der Waals surface area contributed by atoms with Gasteiger partial charge in [-0.25, -0.2) is 14.6 Å². The number of hydrogen-bond acceptors (Lipinski definition) is 17. The largest absolute Gasteiger partial charge is 0.512 e. The van der Waals surface area contributed by atoms with Crippen molar-refractivity contribution >= 4 is 81.0 Å². The minimum atomic E-state index is -1.64. The number of rotatable bonds is 12. The molecular formula is C29H23N7O10S4. The molecular weight excluding hydrogens is 735 g/mol. The predicted molar refractivity (Wildman–Crippen MR) is 182 cm³/mol. The second kappa shape index (κ2) is 14.6. The molecule has 0 saturated carbocycles. The average molecular weight is 758 g/mol. The molecule has 2 aromatic carbocycles. The number of amides is 2. The number of β-lactam (4-membered cyclic amide) rings is 1. The zero-order chi connectivity index (χ0) is 35.5. The molecule has 1 fully saturated rings. The number of carbonyl (C=O) groups is 4. The number of nitrogens with one attached hydrogen (secondary N) is 1. The second-order valence-electron chi connectivity index (χ2n) is 10.2. The molecule has 0 bridgehead atoms. The summed E-state index contributed by atoms with van der Waals surface area (Å²) in [4.78, 5) is 61.0. The summed E-state index contributed by atoms with van der Waals surface area (Å²) in [5, 5.41) is 54.4. The number of hydrogen-bond donors (Lipinski definition) is 6. The summed E-state index contributed by atoms with van der Waals surface area (Å²) < 4.78 is 5.56. The van der Waals surface area contributed by atoms with E-state index in [0.29, 0.717) is 20.5 Å². The minimum absolute atomic E-state index is 0.0155. The lowest BCUT2D eigenvalue weighted by Gasteiger charge is -2.49. The molecule has 0 aliphatic carbocycles. The van der Waals surface area contributed by atoms with Gasteiger partial charge in [0.05, 0.1) is 0 Å². The van der Waals surface area contributed by atoms with Crippen LogP contribution in [0.15, 0.2) is 74.9 Å². The van der Waals surface area contributed by atoms with Gasteiger partial charge in [-0.1, -0.05) is 58.6 Å². The van der Waals surface area contributed by atoms with E-state index in [-0.39, 0.29) is 45.3 Å². The van der Waals surface area contributed by atoms with E-state index in [1.807, 2.05) is 0 Å². The van der Waals surface area contributed by atoms with Gasteiger partial charge in [0.25, 0.3) is 11.8 Å². The van der Waals surface area contributed by atoms with E-state index in [1.165, 1.54) is 64.5 Å². The van der Waals surface area contributed by atoms with Crippen molar-refractivity contribution in [1.29, 1.82) is 0 Å². The molecule has 2 aliphatic rings. The van der Waals surface area contributed by atoms with Crippen LogP contribution in [0, 0.1) is 0 Å². The number of phenols is 2. The first-order valence-corrected chi connectivity index (χ1v) is 17.8. The number of aromatic nitrogens is 3. The first-order valence-electron chi connectivity index (χ1n) is 14.1. The van der Waals surface area contributed by atoms with Crippen molar-refractivity contribution in [3.05, 3.63) is 76.6 Å². The van der Waals surface area contributed by atoms with Gasteiger partial charge in [-0.15, -0.1) is 33.3 Å². The Hall–Kier alpha value is -5.38. The number of nitrogens with zero attached hydrogens (tertiary/aromatic N) is 5. The number of thiazole rings is 1. The molecule has 0 radical (unpaired) electrons. The number of ether oxygens (including phenoxy) is 1. The Bertz CT molecular complexity index is 2040. The van der Waals surface area contributed by atoms with Gasteiger partial charge in [-0.3, -0.25) is 14.5 Å². The highest BCUT2D eigenvalue weighted by molar-refractivity contribution is 8.01. The molecule has 50 heavy (non-hydrogen) atoms. The Morgan fingerprint density at radius 1 is 1.12 bits per heavy atom. The van der Waals surface area contributed by atoms with Crippen LogP contribution in [0.25, 0.3) is 10.6 Å². The lowest BCUT2D eigenvalue weighted by molar-refractivity contribution is -0.151. The maximum Gasteiger partial charge on any atom is 0.512 e. The fourth-order valence-corrected chi connectivity index (χ4v) is 8.54. The number of thioether (sulfide) groups is 2. The van der Waals surface area contributed by atoms with E-state index in [0.717, 1.165) is 16.2 Å². The first kappa shape index (κ1) is 34.5. The van der Waals surface area contributed by atoms with Crippen molar-refractivity contribution in [2.45, 2.75) is 21.9 Å². The molecule has 21 heteroatoms. The van der Waals surface area contributed by atoms with Crippen LogP contribution >= 0.6 is 46.2 Å². The number of fused-ring (bicyclic) bond motifs is 1. The lowest BCUT2D eigenvalue weighted by Crippen LogP contribution is -2.70. The van der Waals surface area contributed by atoms with E-state index >= 15 is 0 Å². The predicted octanol–water partition coefficient (Wildman–Crippen LogP) is 3.30. The molecule has 2 amide bonds. The average Bonchev–Trinajstić information content (AvgIpc) is 3.75. The highest BCUT2D eigenvalue weighted by Gasteiger charge is 2.54. The van der Waals surface area contributed by atoms with Crippen LogP contribution in [0.5, 0.6) is 11.5 Å². The van der Waals surface area contributed by atoms with Crippen LogP contribution in [0.2, 0.25) is 0 Å². The van der Waals surface area contributed by atoms with Gasteiger partial charge in [0.1, 0.15) is 22.1 Å². The van der Waals surface area contributed by atoms with E-state index in [9.17, 15) is 39.6 Å². The number of carboxylic acid groups (broad SMARTS) is 2. The number of anilines is 1. The third kappa shape index (κ3) is 7.29. The summed E-state index contributed by atoms with van der Waals surface area (Å²) in [5.41, 5.74) is 6.59. The topological polar surface area (TPSA) is 260 Å². The maximum absolute atomic E-state index is 13.5. The van der Waals surface area contributed by atoms with Gasteiger partial charge in [0.2, 0.25) is 12.0 Å². The number of aliphatic carboxylic acids is 1. The number of aromatic hydroxyl groups is 2. The molecule has 4 heterocycles. The van der Waals surface area contributed by atoms with Crippen LogP contribution in [0.3, 0.4) is 0 Å². The van der Waals surface area contributed by atoms with Gasteiger partial charge < -0.3 is 41.1 Å². The summed E-state index contributed by atoms with van der Waals surface area (Å²) >= 11 is 4.69. The third-order valence-electron chi connectivity index (χ3n) is 7.02. The maximum atomic E-state index is 13.5. The van der Waals surface area contributed by atoms with Crippen molar-refractivity contribution < 1.29 is 49.2 Å². The quantitative estimate of drug-likeness (QED) is 0.0302. The van der Waals surface area contributed by atoms with Crippen molar-refractivity contribution in [3.8, 4) is 22.1 Å². The van der Waals surface area contributed by atoms with Gasteiger partial charge in [-0.05, 0) is 18.2 Å². The van der Waals surface area contributed by atoms with Crippen molar-refractivity contribution in [2.75, 3.05) is 17.2 Å². The highest BCUT2D eigenvalue weighted by atomic mass is 32.2. The fourth-order valence-electron chi connectivity index (χ4n) is 4.69. The standard InChI is InChI=1S/C29H23N7O10S4/c30-27-31-15(11-48-27)18(35-46-20(26(41)42)12-4-2-1-3-5-12)21(39)32-19-23(40)36-24(45-29(43)44)14(9-47-25(19)36)10-49-28-34-33-22(50-28)13-6-7-16(37)17(38)8-13/h1-8,11,19-20,25,37-38H,9-10H2,(H2,30,31)(H,32,39)(H,41,42)(H,43,44)/t19-,20?,25+/m1/s1. The zero-order valence-electron chi connectivity index (χ0n) is 25.0. The molecule has 1 saturated heterocycles. The molecule has 7 N–H and O–H groups in total. The highest BCUT2D eigenvalue weighted by Crippen LogP contribution is 2.43. The van der Waals surface area contributed by atoms with E-state index in [1.54, 1.807) is 24.3 Å². The first-order chi connectivity index (χ1) is 24.0. The number of nitrogens with two attached hydrogens (primary N) is 1. The van der Waals surface area contributed by atoms with E-state index in [2.05, 4.69) is 25.7 Å². The van der Waals surface area contributed by atoms with E-state index in [4.69, 9.17) is 15.3 Å². The normalized spacial score (nSPS) is 17.8. The molecule has 0 spiro atoms. The molecule has 258 valence electrons. The molecule has 6 rings (SSSR count). The molecule has 4 aromatic rings. The molecule has 17 nitrogen and oxygen atoms in total. The molecule has 1 unspecified atom stereocenters. The summed E-state index contributed by atoms with van der Waals surface area (Å²) in [5.74, 6) is -3.29. The van der Waals surface area contributed by atoms with Crippen molar-refractivity contribution in [1.82, 2.24) is 25.4 Å². The fraction of sp³-hybridized carbons (Fsp3) is 0.172. The Balaban J connectivity index is 1.17. The molecule has 2 aliphatic heterocycles. The number of oxime groups is 1. The Morgan fingerprint density at radius 2 is 1.90 bits per heavy atom. The van der Waals surface area contributed by atoms with Gasteiger partial charge in [0, 0.05) is 33.6 Å². The lowest BCUT2D eigenvalue weighted by atomic mass is 10.1. The van der Waals surface area contributed by atoms with Crippen LogP contribution in [-0.4, -0.2) is 93.1 Å². The monoisotopic (exact) mass is 757 g/mol. The Kier molecular flexibility index (Phi) is 10.1. The summed E-state index contributed by atoms with van der Waals surface area (Å²) in [6.07, 6.45) is -3.20. The zero-order valence-corrected chi connectivity index (χ0v) is 28.3. The van der Waals surface area contributed by atoms with Gasteiger partial charge >= 0.3 is 12.1 Å². The van der Waals surface area contributed by atoms with Crippen molar-refractivity contribution in [3.63, 3.8) is 0 Å². The summed E-state index contributed by atoms with van der Waals surface area (Å²) in [6, 6.07) is 11.1. The number of nitrogen functional groups attached to an aromatic ring is 1. The Labute approximate surface area is 297 Å². The van der Waals surface area contributed by atoms with E-state index < -0.39 is 47.2 Å². The number of phenolic OH excluding ortho intramolecular Hbond substituents is 2. The Morgan fingerprint density at radius 3 is 2.58 bits per heavy atom. The van der Waals surface area contributed by atoms with Crippen LogP contribution in [-0.2, 0) is 24.0 Å². The van der Waals surface area contributed by atoms with Crippen LogP contribution in [0.1, 0.15) is 17.4 Å². The smallest absolute Gasteiger partial charge is 0.504 e. The number of benzene rings is 2. The second-order valence-corrected chi connectivity index (χ2v) is 14.4.